The second-order valence-corrected chi connectivity index (χ2v) is 4.73. The van der Waals surface area contributed by atoms with Crippen molar-refractivity contribution < 1.29 is 4.74 Å². The molecule has 0 atom stereocenters. The maximum Gasteiger partial charge on any atom is 0.323 e. The average Bonchev–Trinajstić information content (AvgIpc) is 2.88. The highest BCUT2D eigenvalue weighted by atomic mass is 32.1. The van der Waals surface area contributed by atoms with Crippen LogP contribution in [-0.2, 0) is 6.54 Å². The summed E-state index contributed by atoms with van der Waals surface area (Å²) >= 11 is 1.55. The fourth-order valence-corrected chi connectivity index (χ4v) is 1.86. The van der Waals surface area contributed by atoms with Crippen LogP contribution in [0.3, 0.4) is 0 Å². The first-order chi connectivity index (χ1) is 9.17. The van der Waals surface area contributed by atoms with Crippen LogP contribution in [0.5, 0.6) is 6.01 Å². The first-order valence-corrected chi connectivity index (χ1v) is 6.83. The van der Waals surface area contributed by atoms with Gasteiger partial charge in [-0.25, -0.2) is 4.98 Å². The summed E-state index contributed by atoms with van der Waals surface area (Å²) in [6, 6.07) is 0.301. The highest BCUT2D eigenvalue weighted by Gasteiger charge is 2.08. The molecule has 0 saturated carbocycles. The van der Waals surface area contributed by atoms with Gasteiger partial charge in [0.25, 0.3) is 0 Å². The highest BCUT2D eigenvalue weighted by molar-refractivity contribution is 7.07. The Balaban J connectivity index is 2.09. The van der Waals surface area contributed by atoms with Crippen molar-refractivity contribution in [2.75, 3.05) is 17.7 Å². The van der Waals surface area contributed by atoms with Gasteiger partial charge in [-0.3, -0.25) is 0 Å². The van der Waals surface area contributed by atoms with Gasteiger partial charge >= 0.3 is 6.01 Å². The Morgan fingerprint density at radius 1 is 1.26 bits per heavy atom. The van der Waals surface area contributed by atoms with Crippen LogP contribution in [-0.4, -0.2) is 33.1 Å². The molecule has 0 aromatic carbocycles. The highest BCUT2D eigenvalue weighted by Crippen LogP contribution is 2.13. The van der Waals surface area contributed by atoms with E-state index >= 15 is 0 Å². The molecule has 0 amide bonds. The van der Waals surface area contributed by atoms with Gasteiger partial charge in [0.1, 0.15) is 0 Å². The molecule has 19 heavy (non-hydrogen) atoms. The Labute approximate surface area is 115 Å². The summed E-state index contributed by atoms with van der Waals surface area (Å²) in [5.41, 5.74) is 2.74. The Hall–Kier alpha value is -1.96. The predicted octanol–water partition coefficient (Wildman–Crippen LogP) is 1.77. The largest absolute Gasteiger partial charge is 0.461 e. The molecule has 2 N–H and O–H groups in total. The summed E-state index contributed by atoms with van der Waals surface area (Å²) < 4.78 is 5.48. The van der Waals surface area contributed by atoms with Crippen LogP contribution in [0.4, 0.5) is 11.9 Å². The van der Waals surface area contributed by atoms with E-state index in [0.717, 1.165) is 5.69 Å². The van der Waals surface area contributed by atoms with Crippen LogP contribution >= 0.6 is 11.3 Å². The third-order valence-electron chi connectivity index (χ3n) is 2.09. The monoisotopic (exact) mass is 280 g/mol. The fraction of sp³-hybridized carbons (Fsp3) is 0.455. The van der Waals surface area contributed by atoms with E-state index in [9.17, 15) is 0 Å². The van der Waals surface area contributed by atoms with Crippen LogP contribution in [0.2, 0.25) is 0 Å². The van der Waals surface area contributed by atoms with Gasteiger partial charge in [0.05, 0.1) is 23.9 Å². The normalized spacial score (nSPS) is 10.5. The number of hydrogen-bond donors (Lipinski definition) is 2. The van der Waals surface area contributed by atoms with Crippen molar-refractivity contribution in [1.29, 1.82) is 0 Å². The lowest BCUT2D eigenvalue weighted by molar-refractivity contribution is 0.222. The maximum absolute atomic E-state index is 5.48. The van der Waals surface area contributed by atoms with Gasteiger partial charge in [-0.15, -0.1) is 11.3 Å². The first kappa shape index (κ1) is 13.5. The Morgan fingerprint density at radius 2 is 2.05 bits per heavy atom. The number of nitrogens with one attached hydrogen (secondary N) is 2. The Bertz CT molecular complexity index is 516. The van der Waals surface area contributed by atoms with Gasteiger partial charge in [0.15, 0.2) is 0 Å². The van der Waals surface area contributed by atoms with Crippen molar-refractivity contribution in [2.24, 2.45) is 0 Å². The lowest BCUT2D eigenvalue weighted by Gasteiger charge is -2.10. The number of nitrogens with zero attached hydrogens (tertiary/aromatic N) is 4. The molecule has 2 heterocycles. The molecule has 2 aromatic heterocycles. The molecule has 0 unspecified atom stereocenters. The molecule has 0 bridgehead atoms. The smallest absolute Gasteiger partial charge is 0.323 e. The SMILES string of the molecule is CNc1nc(NCc2cscn2)nc(OC(C)C)n1. The van der Waals surface area contributed by atoms with Crippen LogP contribution < -0.4 is 15.4 Å². The van der Waals surface area contributed by atoms with E-state index in [0.29, 0.717) is 24.5 Å². The molecule has 7 nitrogen and oxygen atoms in total. The molecule has 2 aromatic rings. The third kappa shape index (κ3) is 4.02. The molecular weight excluding hydrogens is 264 g/mol. The Kier molecular flexibility index (Phi) is 4.45. The molecule has 0 saturated heterocycles. The topological polar surface area (TPSA) is 84.9 Å². The van der Waals surface area contributed by atoms with E-state index in [-0.39, 0.29) is 6.10 Å². The van der Waals surface area contributed by atoms with Crippen molar-refractivity contribution in [3.05, 3.63) is 16.6 Å². The summed E-state index contributed by atoms with van der Waals surface area (Å²) in [4.78, 5) is 16.7. The molecule has 0 radical (unpaired) electrons. The molecule has 0 aliphatic carbocycles. The lowest BCUT2D eigenvalue weighted by atomic mass is 10.5. The average molecular weight is 280 g/mol. The minimum atomic E-state index is 0.0125. The maximum atomic E-state index is 5.48. The van der Waals surface area contributed by atoms with Crippen LogP contribution in [0.25, 0.3) is 0 Å². The van der Waals surface area contributed by atoms with Crippen LogP contribution in [0, 0.1) is 0 Å². The van der Waals surface area contributed by atoms with Crippen molar-refractivity contribution in [3.8, 4) is 6.01 Å². The van der Waals surface area contributed by atoms with Gasteiger partial charge in [-0.05, 0) is 13.8 Å². The standard InChI is InChI=1S/C11H16N6OS/c1-7(2)18-11-16-9(12-3)15-10(17-11)13-4-8-5-19-6-14-8/h5-7H,4H2,1-3H3,(H2,12,13,15,16,17). The third-order valence-corrected chi connectivity index (χ3v) is 2.73. The first-order valence-electron chi connectivity index (χ1n) is 5.89. The van der Waals surface area contributed by atoms with Gasteiger partial charge < -0.3 is 15.4 Å². The summed E-state index contributed by atoms with van der Waals surface area (Å²) in [6.45, 7) is 4.41. The number of aromatic nitrogens is 4. The summed E-state index contributed by atoms with van der Waals surface area (Å²) in [6.07, 6.45) is 0.0125. The molecular formula is C11H16N6OS. The van der Waals surface area contributed by atoms with E-state index in [1.54, 1.807) is 23.9 Å². The van der Waals surface area contributed by atoms with E-state index < -0.39 is 0 Å². The molecule has 0 fully saturated rings. The number of ether oxygens (including phenoxy) is 1. The van der Waals surface area contributed by atoms with Gasteiger partial charge in [0.2, 0.25) is 11.9 Å². The quantitative estimate of drug-likeness (QED) is 0.834. The fourth-order valence-electron chi connectivity index (χ4n) is 1.31. The minimum Gasteiger partial charge on any atom is -0.461 e. The zero-order valence-corrected chi connectivity index (χ0v) is 11.9. The molecule has 8 heteroatoms. The van der Waals surface area contributed by atoms with Crippen LogP contribution in [0.1, 0.15) is 19.5 Å². The van der Waals surface area contributed by atoms with Crippen LogP contribution in [0.15, 0.2) is 10.9 Å². The number of thiazole rings is 1. The number of hydrogen-bond acceptors (Lipinski definition) is 8. The lowest BCUT2D eigenvalue weighted by Crippen LogP contribution is -2.13. The van der Waals surface area contributed by atoms with Crippen molar-refractivity contribution in [3.63, 3.8) is 0 Å². The zero-order chi connectivity index (χ0) is 13.7. The summed E-state index contributed by atoms with van der Waals surface area (Å²) in [7, 11) is 1.75. The summed E-state index contributed by atoms with van der Waals surface area (Å²) in [5.74, 6) is 0.925. The van der Waals surface area contributed by atoms with Gasteiger partial charge in [0, 0.05) is 12.4 Å². The van der Waals surface area contributed by atoms with Crippen molar-refractivity contribution in [2.45, 2.75) is 26.5 Å². The van der Waals surface area contributed by atoms with Crippen molar-refractivity contribution in [1.82, 2.24) is 19.9 Å². The molecule has 0 aliphatic rings. The van der Waals surface area contributed by atoms with E-state index in [1.807, 2.05) is 19.2 Å². The predicted molar refractivity (Wildman–Crippen MR) is 74.6 cm³/mol. The number of rotatable bonds is 6. The summed E-state index contributed by atoms with van der Waals surface area (Å²) in [5, 5.41) is 7.95. The van der Waals surface area contributed by atoms with E-state index in [4.69, 9.17) is 4.74 Å². The minimum absolute atomic E-state index is 0.0125. The number of anilines is 2. The Morgan fingerprint density at radius 3 is 2.68 bits per heavy atom. The van der Waals surface area contributed by atoms with E-state index in [2.05, 4.69) is 30.6 Å². The van der Waals surface area contributed by atoms with Gasteiger partial charge in [-0.2, -0.15) is 15.0 Å². The molecule has 0 spiro atoms. The molecule has 0 aliphatic heterocycles. The molecule has 102 valence electrons. The second-order valence-electron chi connectivity index (χ2n) is 4.02. The van der Waals surface area contributed by atoms with Crippen molar-refractivity contribution >= 4 is 23.2 Å². The second kappa shape index (κ2) is 6.28. The van der Waals surface area contributed by atoms with Gasteiger partial charge in [-0.1, -0.05) is 0 Å². The zero-order valence-electron chi connectivity index (χ0n) is 11.0. The van der Waals surface area contributed by atoms with E-state index in [1.165, 1.54) is 0 Å². The molecule has 2 rings (SSSR count).